The van der Waals surface area contributed by atoms with E-state index in [-0.39, 0.29) is 16.8 Å². The van der Waals surface area contributed by atoms with Gasteiger partial charge in [0, 0.05) is 11.5 Å². The fourth-order valence-electron chi connectivity index (χ4n) is 2.77. The quantitative estimate of drug-likeness (QED) is 0.659. The summed E-state index contributed by atoms with van der Waals surface area (Å²) in [6.07, 6.45) is 1.03. The van der Waals surface area contributed by atoms with Gasteiger partial charge in [-0.25, -0.2) is 0 Å². The second kappa shape index (κ2) is 8.48. The highest BCUT2D eigenvalue weighted by molar-refractivity contribution is 8.13. The molecular formula is C21H36O3S. The summed E-state index contributed by atoms with van der Waals surface area (Å²) in [7, 11) is 0. The first-order chi connectivity index (χ1) is 11.4. The number of carbonyl (C=O) groups excluding carboxylic acids is 1. The van der Waals surface area contributed by atoms with Gasteiger partial charge in [0.25, 0.3) is 0 Å². The molecule has 0 aliphatic carbocycles. The monoisotopic (exact) mass is 368 g/mol. The molecular weight excluding hydrogens is 332 g/mol. The molecule has 1 rings (SSSR count). The van der Waals surface area contributed by atoms with Crippen LogP contribution in [0.2, 0.25) is 0 Å². The van der Waals surface area contributed by atoms with Gasteiger partial charge >= 0.3 is 5.97 Å². The topological polar surface area (TPSA) is 46.5 Å². The van der Waals surface area contributed by atoms with Crippen molar-refractivity contribution >= 4 is 17.1 Å². The zero-order valence-electron chi connectivity index (χ0n) is 17.2. The van der Waals surface area contributed by atoms with Gasteiger partial charge in [0.15, 0.2) is 0 Å². The minimum Gasteiger partial charge on any atom is -0.507 e. The third-order valence-corrected chi connectivity index (χ3v) is 6.21. The van der Waals surface area contributed by atoms with Crippen LogP contribution >= 0.6 is 11.2 Å². The molecule has 0 aliphatic rings. The molecule has 0 aliphatic heterocycles. The number of carbonyl (C=O) groups is 1. The average molecular weight is 369 g/mol. The molecule has 0 saturated heterocycles. The number of hydrogen-bond donors (Lipinski definition) is 2. The first-order valence-electron chi connectivity index (χ1n) is 9.22. The van der Waals surface area contributed by atoms with Crippen molar-refractivity contribution in [3.63, 3.8) is 0 Å². The summed E-state index contributed by atoms with van der Waals surface area (Å²) in [6, 6.07) is 4.08. The van der Waals surface area contributed by atoms with Crippen LogP contribution in [-0.2, 0) is 26.2 Å². The molecule has 0 radical (unpaired) electrons. The van der Waals surface area contributed by atoms with Crippen molar-refractivity contribution in [2.75, 3.05) is 11.5 Å². The number of phenolic OH excluding ortho intramolecular Hbond substituents is 1. The van der Waals surface area contributed by atoms with E-state index in [9.17, 15) is 9.90 Å². The lowest BCUT2D eigenvalue weighted by Crippen LogP contribution is -2.18. The zero-order chi connectivity index (χ0) is 19.4. The molecule has 1 aromatic rings. The van der Waals surface area contributed by atoms with Crippen molar-refractivity contribution in [2.24, 2.45) is 0 Å². The highest BCUT2D eigenvalue weighted by Crippen LogP contribution is 2.40. The first kappa shape index (κ1) is 21.9. The summed E-state index contributed by atoms with van der Waals surface area (Å²) in [6.45, 7) is 16.7. The normalized spacial score (nSPS) is 12.9. The lowest BCUT2D eigenvalue weighted by atomic mass is 9.78. The van der Waals surface area contributed by atoms with Crippen molar-refractivity contribution in [3.8, 4) is 5.75 Å². The molecule has 3 nitrogen and oxygen atoms in total. The van der Waals surface area contributed by atoms with Crippen molar-refractivity contribution in [1.29, 1.82) is 0 Å². The Hall–Kier alpha value is -1.16. The molecule has 0 unspecified atom stereocenters. The van der Waals surface area contributed by atoms with Crippen LogP contribution < -0.4 is 0 Å². The number of aromatic hydroxyl groups is 1. The van der Waals surface area contributed by atoms with Crippen LogP contribution in [0.3, 0.4) is 0 Å². The second-order valence-corrected chi connectivity index (χ2v) is 11.0. The Morgan fingerprint density at radius 2 is 1.44 bits per heavy atom. The Balaban J connectivity index is 3.06. The molecule has 0 fully saturated rings. The Kier molecular flexibility index (Phi) is 7.42. The smallest absolute Gasteiger partial charge is 0.316 e. The second-order valence-electron chi connectivity index (χ2n) is 8.62. The molecule has 0 atom stereocenters. The fourth-order valence-corrected chi connectivity index (χ4v) is 3.86. The lowest BCUT2D eigenvalue weighted by molar-refractivity contribution is -0.133. The van der Waals surface area contributed by atoms with Gasteiger partial charge < -0.3 is 9.29 Å². The molecule has 0 aromatic heterocycles. The van der Waals surface area contributed by atoms with Crippen molar-refractivity contribution in [1.82, 2.24) is 0 Å². The Morgan fingerprint density at radius 3 is 1.80 bits per heavy atom. The van der Waals surface area contributed by atoms with E-state index in [4.69, 9.17) is 4.18 Å². The van der Waals surface area contributed by atoms with E-state index >= 15 is 0 Å². The Bertz CT molecular complexity index is 555. The molecule has 0 bridgehead atoms. The van der Waals surface area contributed by atoms with Crippen LogP contribution in [0, 0.1) is 0 Å². The molecule has 0 heterocycles. The standard InChI is InChI=1S/C21H36O3S/c1-9-25(10-2)24-18(22)12-11-15-13-16(20(3,4)5)19(23)17(14-15)21(6,7)8/h13-14,23,25H,9-12H2,1-8H3. The first-order valence-corrected chi connectivity index (χ1v) is 10.9. The zero-order valence-corrected chi connectivity index (χ0v) is 18.1. The summed E-state index contributed by atoms with van der Waals surface area (Å²) in [5, 5.41) is 10.8. The largest absolute Gasteiger partial charge is 0.507 e. The predicted octanol–water partition coefficient (Wildman–Crippen LogP) is 5.42. The highest BCUT2D eigenvalue weighted by Gasteiger charge is 2.26. The third kappa shape index (κ3) is 6.25. The molecule has 0 amide bonds. The van der Waals surface area contributed by atoms with Crippen molar-refractivity contribution in [2.45, 2.75) is 79.1 Å². The van der Waals surface area contributed by atoms with E-state index in [1.807, 2.05) is 12.1 Å². The third-order valence-electron chi connectivity index (χ3n) is 4.34. The van der Waals surface area contributed by atoms with Gasteiger partial charge in [0.2, 0.25) is 0 Å². The molecule has 0 saturated carbocycles. The van der Waals surface area contributed by atoms with Gasteiger partial charge in [-0.05, 0) is 33.9 Å². The summed E-state index contributed by atoms with van der Waals surface area (Å²) in [4.78, 5) is 12.1. The van der Waals surface area contributed by atoms with Crippen molar-refractivity contribution in [3.05, 3.63) is 28.8 Å². The number of hydrogen-bond acceptors (Lipinski definition) is 3. The maximum atomic E-state index is 12.1. The SMILES string of the molecule is CC[SH](CC)OC(=O)CCc1cc(C(C)(C)C)c(O)c(C(C)(C)C)c1. The van der Waals surface area contributed by atoms with E-state index in [0.29, 0.717) is 18.6 Å². The number of benzene rings is 1. The van der Waals surface area contributed by atoms with Gasteiger partial charge in [0.1, 0.15) is 5.75 Å². The predicted molar refractivity (Wildman–Crippen MR) is 110 cm³/mol. The summed E-state index contributed by atoms with van der Waals surface area (Å²) < 4.78 is 5.57. The minimum atomic E-state index is -0.620. The molecule has 4 heteroatoms. The van der Waals surface area contributed by atoms with Gasteiger partial charge in [-0.2, -0.15) is 0 Å². The molecule has 1 N–H and O–H groups in total. The maximum Gasteiger partial charge on any atom is 0.316 e. The van der Waals surface area contributed by atoms with Gasteiger partial charge in [-0.15, -0.1) is 11.2 Å². The van der Waals surface area contributed by atoms with E-state index in [2.05, 4.69) is 55.4 Å². The number of phenols is 1. The maximum absolute atomic E-state index is 12.1. The van der Waals surface area contributed by atoms with Crippen LogP contribution in [-0.4, -0.2) is 22.6 Å². The summed E-state index contributed by atoms with van der Waals surface area (Å²) in [5.74, 6) is 2.10. The van der Waals surface area contributed by atoms with Crippen LogP contribution in [0.25, 0.3) is 0 Å². The molecule has 144 valence electrons. The van der Waals surface area contributed by atoms with E-state index in [1.165, 1.54) is 0 Å². The number of aryl methyl sites for hydroxylation is 1. The van der Waals surface area contributed by atoms with Crippen molar-refractivity contribution < 1.29 is 14.1 Å². The fraction of sp³-hybridized carbons (Fsp3) is 0.667. The summed E-state index contributed by atoms with van der Waals surface area (Å²) >= 11 is -0.620. The number of rotatable bonds is 6. The molecule has 0 spiro atoms. The molecule has 1 aromatic carbocycles. The van der Waals surface area contributed by atoms with Gasteiger partial charge in [-0.3, -0.25) is 4.79 Å². The van der Waals surface area contributed by atoms with E-state index in [1.54, 1.807) is 0 Å². The van der Waals surface area contributed by atoms with Crippen LogP contribution in [0.4, 0.5) is 0 Å². The van der Waals surface area contributed by atoms with Gasteiger partial charge in [0.05, 0.1) is 6.42 Å². The minimum absolute atomic E-state index is 0.113. The Morgan fingerprint density at radius 1 is 1.00 bits per heavy atom. The van der Waals surface area contributed by atoms with E-state index < -0.39 is 11.2 Å². The summed E-state index contributed by atoms with van der Waals surface area (Å²) in [5.41, 5.74) is 2.65. The van der Waals surface area contributed by atoms with Crippen LogP contribution in [0.1, 0.15) is 78.5 Å². The van der Waals surface area contributed by atoms with Crippen LogP contribution in [0.15, 0.2) is 12.1 Å². The van der Waals surface area contributed by atoms with Crippen LogP contribution in [0.5, 0.6) is 5.75 Å². The highest BCUT2D eigenvalue weighted by atomic mass is 32.2. The molecule has 25 heavy (non-hydrogen) atoms. The van der Waals surface area contributed by atoms with E-state index in [0.717, 1.165) is 28.2 Å². The Labute approximate surface area is 156 Å². The lowest BCUT2D eigenvalue weighted by Gasteiger charge is -2.28. The number of thiol groups is 1. The van der Waals surface area contributed by atoms with Gasteiger partial charge in [-0.1, -0.05) is 67.5 Å². The average Bonchev–Trinajstić information content (AvgIpc) is 2.49.